The van der Waals surface area contributed by atoms with Gasteiger partial charge in [0.15, 0.2) is 16.9 Å². The first-order valence-electron chi connectivity index (χ1n) is 12.2. The van der Waals surface area contributed by atoms with E-state index in [1.54, 1.807) is 31.3 Å². The van der Waals surface area contributed by atoms with Crippen molar-refractivity contribution < 1.29 is 14.7 Å². The molecule has 10 heteroatoms. The lowest BCUT2D eigenvalue weighted by Crippen LogP contribution is -2.48. The molecule has 1 unspecified atom stereocenters. The Bertz CT molecular complexity index is 1500. The molecular weight excluding hydrogens is 472 g/mol. The van der Waals surface area contributed by atoms with Crippen molar-refractivity contribution in [2.45, 2.75) is 31.8 Å². The lowest BCUT2D eigenvalue weighted by molar-refractivity contribution is 0.0989. The fourth-order valence-electron chi connectivity index (χ4n) is 4.83. The maximum Gasteiger partial charge on any atom is 0.404 e. The van der Waals surface area contributed by atoms with E-state index in [1.165, 1.54) is 4.57 Å². The van der Waals surface area contributed by atoms with Crippen molar-refractivity contribution in [2.75, 3.05) is 18.0 Å². The van der Waals surface area contributed by atoms with Crippen molar-refractivity contribution >= 4 is 29.0 Å². The molecule has 0 bridgehead atoms. The van der Waals surface area contributed by atoms with Crippen LogP contribution in [0.2, 0.25) is 0 Å². The van der Waals surface area contributed by atoms with Crippen LogP contribution in [0.15, 0.2) is 65.5 Å². The zero-order valence-electron chi connectivity index (χ0n) is 20.5. The predicted molar refractivity (Wildman–Crippen MR) is 139 cm³/mol. The summed E-state index contributed by atoms with van der Waals surface area (Å²) in [4.78, 5) is 49.1. The Hall–Kier alpha value is -4.47. The maximum absolute atomic E-state index is 13.6. The summed E-state index contributed by atoms with van der Waals surface area (Å²) in [5.41, 5.74) is 1.89. The van der Waals surface area contributed by atoms with Gasteiger partial charge in [-0.2, -0.15) is 4.98 Å². The average Bonchev–Trinajstić information content (AvgIpc) is 3.26. The number of Topliss-reactive ketones (excluding diaryl/α,β-unsaturated/α-hetero) is 1. The molecule has 2 N–H and O–H groups in total. The highest BCUT2D eigenvalue weighted by molar-refractivity contribution is 5.97. The van der Waals surface area contributed by atoms with Crippen LogP contribution in [0, 0.1) is 0 Å². The number of rotatable bonds is 7. The van der Waals surface area contributed by atoms with E-state index in [9.17, 15) is 19.5 Å². The quantitative estimate of drug-likeness (QED) is 0.374. The lowest BCUT2D eigenvalue weighted by Gasteiger charge is -2.33. The topological polar surface area (TPSA) is 122 Å². The predicted octanol–water partition coefficient (Wildman–Crippen LogP) is 2.84. The number of amides is 1. The van der Waals surface area contributed by atoms with Gasteiger partial charge in [-0.15, -0.1) is 0 Å². The third-order valence-electron chi connectivity index (χ3n) is 6.69. The van der Waals surface area contributed by atoms with Gasteiger partial charge in [0, 0.05) is 31.7 Å². The smallest absolute Gasteiger partial charge is 0.404 e. The number of imidazole rings is 1. The minimum atomic E-state index is -1.06. The zero-order chi connectivity index (χ0) is 25.9. The molecule has 1 atom stereocenters. The normalized spacial score (nSPS) is 15.6. The number of ketones is 1. The number of nitrogens with zero attached hydrogens (tertiary/aromatic N) is 5. The number of aromatic nitrogens is 4. The number of hydrogen-bond donors (Lipinski definition) is 2. The van der Waals surface area contributed by atoms with E-state index >= 15 is 0 Å². The minimum absolute atomic E-state index is 0.0269. The number of piperidine rings is 1. The van der Waals surface area contributed by atoms with Gasteiger partial charge in [0.2, 0.25) is 5.95 Å². The Morgan fingerprint density at radius 1 is 1.05 bits per heavy atom. The molecule has 1 fully saturated rings. The molecule has 0 radical (unpaired) electrons. The second-order valence-corrected chi connectivity index (χ2v) is 9.25. The molecule has 0 spiro atoms. The van der Waals surface area contributed by atoms with Crippen LogP contribution < -0.4 is 15.8 Å². The van der Waals surface area contributed by atoms with Crippen LogP contribution in [0.1, 0.15) is 34.6 Å². The zero-order valence-corrected chi connectivity index (χ0v) is 20.5. The summed E-state index contributed by atoms with van der Waals surface area (Å²) in [6.45, 7) is 1.51. The number of anilines is 1. The average molecular weight is 501 g/mol. The van der Waals surface area contributed by atoms with E-state index in [4.69, 9.17) is 4.98 Å². The van der Waals surface area contributed by atoms with E-state index in [2.05, 4.69) is 10.3 Å². The number of carboxylic acid groups (broad SMARTS) is 1. The van der Waals surface area contributed by atoms with Crippen molar-refractivity contribution in [1.29, 1.82) is 0 Å². The molecule has 1 aliphatic rings. The molecule has 5 rings (SSSR count). The second-order valence-electron chi connectivity index (χ2n) is 9.25. The molecule has 2 aromatic carbocycles. The molecular formula is C27H28N6O4. The minimum Gasteiger partial charge on any atom is -0.465 e. The first-order chi connectivity index (χ1) is 17.9. The molecule has 37 heavy (non-hydrogen) atoms. The van der Waals surface area contributed by atoms with Crippen molar-refractivity contribution in [1.82, 2.24) is 24.4 Å². The Kier molecular flexibility index (Phi) is 6.72. The summed E-state index contributed by atoms with van der Waals surface area (Å²) >= 11 is 0. The summed E-state index contributed by atoms with van der Waals surface area (Å²) in [7, 11) is 1.62. The van der Waals surface area contributed by atoms with E-state index in [-0.39, 0.29) is 29.5 Å². The van der Waals surface area contributed by atoms with Crippen LogP contribution in [-0.4, -0.2) is 55.2 Å². The van der Waals surface area contributed by atoms with Gasteiger partial charge in [-0.3, -0.25) is 18.7 Å². The van der Waals surface area contributed by atoms with Crippen LogP contribution in [0.3, 0.4) is 0 Å². The highest BCUT2D eigenvalue weighted by atomic mass is 16.4. The highest BCUT2D eigenvalue weighted by Crippen LogP contribution is 2.25. The molecule has 1 amide bonds. The lowest BCUT2D eigenvalue weighted by atomic mass is 10.1. The number of nitrogens with one attached hydrogen (secondary N) is 1. The monoisotopic (exact) mass is 500 g/mol. The third kappa shape index (κ3) is 5.09. The molecule has 4 aromatic rings. The van der Waals surface area contributed by atoms with Crippen LogP contribution >= 0.6 is 0 Å². The van der Waals surface area contributed by atoms with Gasteiger partial charge in [0.05, 0.1) is 13.0 Å². The van der Waals surface area contributed by atoms with Crippen LogP contribution in [0.4, 0.5) is 10.7 Å². The van der Waals surface area contributed by atoms with Gasteiger partial charge < -0.3 is 15.3 Å². The van der Waals surface area contributed by atoms with Gasteiger partial charge in [-0.25, -0.2) is 9.78 Å². The molecule has 0 aliphatic carbocycles. The maximum atomic E-state index is 13.6. The Labute approximate surface area is 213 Å². The first kappa shape index (κ1) is 24.2. The van der Waals surface area contributed by atoms with Crippen LogP contribution in [-0.2, 0) is 20.0 Å². The third-order valence-corrected chi connectivity index (χ3v) is 6.69. The fraction of sp³-hybridized carbons (Fsp3) is 0.296. The van der Waals surface area contributed by atoms with Gasteiger partial charge in [0.1, 0.15) is 5.82 Å². The van der Waals surface area contributed by atoms with Gasteiger partial charge in [0.25, 0.3) is 5.56 Å². The second kappa shape index (κ2) is 10.3. The Balaban J connectivity index is 1.58. The molecule has 190 valence electrons. The Morgan fingerprint density at radius 3 is 2.46 bits per heavy atom. The summed E-state index contributed by atoms with van der Waals surface area (Å²) in [5.74, 6) is 0.767. The van der Waals surface area contributed by atoms with Gasteiger partial charge >= 0.3 is 6.09 Å². The summed E-state index contributed by atoms with van der Waals surface area (Å²) < 4.78 is 3.27. The highest BCUT2D eigenvalue weighted by Gasteiger charge is 2.28. The number of carbonyl (C=O) groups is 2. The number of hydrogen-bond acceptors (Lipinski definition) is 6. The van der Waals surface area contributed by atoms with E-state index in [0.29, 0.717) is 42.5 Å². The number of carbonyl (C=O) groups excluding carboxylic acids is 1. The van der Waals surface area contributed by atoms with E-state index in [0.717, 1.165) is 18.4 Å². The van der Waals surface area contributed by atoms with Crippen LogP contribution in [0.25, 0.3) is 11.2 Å². The summed E-state index contributed by atoms with van der Waals surface area (Å²) in [6, 6.07) is 18.4. The number of benzene rings is 2. The van der Waals surface area contributed by atoms with Gasteiger partial charge in [-0.1, -0.05) is 60.7 Å². The summed E-state index contributed by atoms with van der Waals surface area (Å²) in [5, 5.41) is 11.8. The molecule has 3 heterocycles. The Morgan fingerprint density at radius 2 is 1.76 bits per heavy atom. The standard InChI is InChI=1S/C27H28N6O4/c1-31-22(15-21(34)19-11-6-3-7-12-19)29-24-23(25(31)35)33(16-18-9-4-2-5-10-18)26(30-24)32-14-8-13-20(17-32)28-27(36)37/h2-7,9-12,20,28H,8,13-17H2,1H3,(H,36,37). The van der Waals surface area contributed by atoms with Crippen molar-refractivity contribution in [3.63, 3.8) is 0 Å². The van der Waals surface area contributed by atoms with Crippen molar-refractivity contribution in [3.05, 3.63) is 88.0 Å². The molecule has 0 saturated carbocycles. The molecule has 1 saturated heterocycles. The fourth-order valence-corrected chi connectivity index (χ4v) is 4.83. The van der Waals surface area contributed by atoms with Gasteiger partial charge in [-0.05, 0) is 18.4 Å². The summed E-state index contributed by atoms with van der Waals surface area (Å²) in [6.07, 6.45) is 0.420. The number of fused-ring (bicyclic) bond motifs is 1. The SMILES string of the molecule is Cn1c(CC(=O)c2ccccc2)nc2nc(N3CCCC(NC(=O)O)C3)n(Cc3ccccc3)c2c1=O. The first-order valence-corrected chi connectivity index (χ1v) is 12.2. The largest absolute Gasteiger partial charge is 0.465 e. The molecule has 1 aliphatic heterocycles. The van der Waals surface area contributed by atoms with E-state index < -0.39 is 6.09 Å². The van der Waals surface area contributed by atoms with Crippen molar-refractivity contribution in [3.8, 4) is 0 Å². The van der Waals surface area contributed by atoms with Crippen LogP contribution in [0.5, 0.6) is 0 Å². The molecule has 2 aromatic heterocycles. The molecule has 10 nitrogen and oxygen atoms in total. The van der Waals surface area contributed by atoms with Crippen molar-refractivity contribution in [2.24, 2.45) is 7.05 Å². The van der Waals surface area contributed by atoms with E-state index in [1.807, 2.05) is 45.9 Å².